The van der Waals surface area contributed by atoms with E-state index in [1.807, 2.05) is 0 Å². The minimum Gasteiger partial charge on any atom is -0.445 e. The van der Waals surface area contributed by atoms with Crippen LogP contribution in [-0.4, -0.2) is 17.8 Å². The summed E-state index contributed by atoms with van der Waals surface area (Å²) in [4.78, 5) is 27.0. The van der Waals surface area contributed by atoms with Crippen LogP contribution in [0.1, 0.15) is 18.2 Å². The van der Waals surface area contributed by atoms with Crippen LogP contribution in [-0.2, 0) is 14.3 Å². The second kappa shape index (κ2) is 6.10. The molecule has 6 nitrogen and oxygen atoms in total. The van der Waals surface area contributed by atoms with Gasteiger partial charge in [0.2, 0.25) is 11.8 Å². The van der Waals surface area contributed by atoms with Gasteiger partial charge in [0, 0.05) is 24.3 Å². The van der Waals surface area contributed by atoms with Gasteiger partial charge in [0.05, 0.1) is 0 Å². The van der Waals surface area contributed by atoms with Crippen LogP contribution in [0.5, 0.6) is 0 Å². The third kappa shape index (κ3) is 3.49. The summed E-state index contributed by atoms with van der Waals surface area (Å²) in [5, 5.41) is 2.88. The number of carbonyl (C=O) groups excluding carboxylic acids is 2. The summed E-state index contributed by atoms with van der Waals surface area (Å²) in [6, 6.07) is 9.98. The Kier molecular flexibility index (Phi) is 3.99. The molecule has 116 valence electrons. The summed E-state index contributed by atoms with van der Waals surface area (Å²) in [6.07, 6.45) is 1.45. The number of hydrogen-bond acceptors (Lipinski definition) is 5. The highest BCUT2D eigenvalue weighted by Gasteiger charge is 2.24. The van der Waals surface area contributed by atoms with Gasteiger partial charge in [0.1, 0.15) is 5.76 Å². The van der Waals surface area contributed by atoms with Crippen LogP contribution in [0.15, 0.2) is 51.5 Å². The molecule has 3 rings (SSSR count). The van der Waals surface area contributed by atoms with Crippen molar-refractivity contribution >= 4 is 41.1 Å². The number of aliphatic imine (C=N–C) groups is 1. The zero-order valence-electron chi connectivity index (χ0n) is 12.0. The van der Waals surface area contributed by atoms with E-state index in [4.69, 9.17) is 20.8 Å². The maximum absolute atomic E-state index is 11.8. The standard InChI is InChI=1S/C16H11ClN2O4/c1-9(20)18-11-4-2-10(3-5-11)15-19-13(16(21)23-15)8-12-6-7-14(17)22-12/h2-8H,1H3,(H,18,20). The lowest BCUT2D eigenvalue weighted by molar-refractivity contribution is -0.130. The minimum atomic E-state index is -0.571. The number of ether oxygens (including phenoxy) is 1. The zero-order valence-corrected chi connectivity index (χ0v) is 12.8. The number of benzene rings is 1. The van der Waals surface area contributed by atoms with Gasteiger partial charge >= 0.3 is 5.97 Å². The van der Waals surface area contributed by atoms with Crippen LogP contribution in [0, 0.1) is 0 Å². The number of rotatable bonds is 3. The third-order valence-corrected chi connectivity index (χ3v) is 3.15. The minimum absolute atomic E-state index is 0.122. The zero-order chi connectivity index (χ0) is 16.4. The molecule has 0 fully saturated rings. The fourth-order valence-corrected chi connectivity index (χ4v) is 2.12. The molecule has 2 heterocycles. The maximum Gasteiger partial charge on any atom is 0.363 e. The fraction of sp³-hybridized carbons (Fsp3) is 0.0625. The lowest BCUT2D eigenvalue weighted by Crippen LogP contribution is -2.07. The van der Waals surface area contributed by atoms with Crippen LogP contribution < -0.4 is 5.32 Å². The number of nitrogens with one attached hydrogen (secondary N) is 1. The SMILES string of the molecule is CC(=O)Nc1ccc(C2=NC(=Cc3ccc(Cl)o3)C(=O)O2)cc1. The van der Waals surface area contributed by atoms with Gasteiger partial charge in [-0.25, -0.2) is 9.79 Å². The van der Waals surface area contributed by atoms with Crippen molar-refractivity contribution in [3.8, 4) is 0 Å². The first kappa shape index (κ1) is 15.1. The lowest BCUT2D eigenvalue weighted by Gasteiger charge is -2.03. The molecule has 0 bridgehead atoms. The van der Waals surface area contributed by atoms with E-state index in [2.05, 4.69) is 10.3 Å². The fourth-order valence-electron chi connectivity index (χ4n) is 1.97. The highest BCUT2D eigenvalue weighted by molar-refractivity contribution is 6.28. The molecule has 2 aromatic rings. The number of esters is 1. The Morgan fingerprint density at radius 1 is 1.22 bits per heavy atom. The number of hydrogen-bond donors (Lipinski definition) is 1. The molecule has 1 amide bonds. The van der Waals surface area contributed by atoms with Gasteiger partial charge in [0.25, 0.3) is 0 Å². The van der Waals surface area contributed by atoms with E-state index in [1.165, 1.54) is 13.0 Å². The average Bonchev–Trinajstić information content (AvgIpc) is 3.06. The Hall–Kier alpha value is -2.86. The number of cyclic esters (lactones) is 1. The van der Waals surface area contributed by atoms with Gasteiger partial charge in [-0.1, -0.05) is 0 Å². The van der Waals surface area contributed by atoms with Crippen molar-refractivity contribution in [3.63, 3.8) is 0 Å². The summed E-state index contributed by atoms with van der Waals surface area (Å²) in [7, 11) is 0. The molecular formula is C16H11ClN2O4. The second-order valence-electron chi connectivity index (χ2n) is 4.74. The van der Waals surface area contributed by atoms with E-state index in [0.29, 0.717) is 17.0 Å². The smallest absolute Gasteiger partial charge is 0.363 e. The summed E-state index contributed by atoms with van der Waals surface area (Å²) >= 11 is 5.68. The van der Waals surface area contributed by atoms with Crippen molar-refractivity contribution in [1.29, 1.82) is 0 Å². The van der Waals surface area contributed by atoms with Gasteiger partial charge in [-0.3, -0.25) is 4.79 Å². The van der Waals surface area contributed by atoms with Crippen molar-refractivity contribution < 1.29 is 18.7 Å². The normalized spacial score (nSPS) is 15.5. The molecule has 0 aliphatic carbocycles. The molecule has 1 N–H and O–H groups in total. The van der Waals surface area contributed by atoms with E-state index in [-0.39, 0.29) is 22.7 Å². The molecule has 1 aliphatic rings. The first-order valence-electron chi connectivity index (χ1n) is 6.67. The molecule has 0 saturated carbocycles. The van der Waals surface area contributed by atoms with Crippen LogP contribution in [0.4, 0.5) is 5.69 Å². The lowest BCUT2D eigenvalue weighted by atomic mass is 10.2. The van der Waals surface area contributed by atoms with Gasteiger partial charge < -0.3 is 14.5 Å². The Balaban J connectivity index is 1.83. The molecule has 1 aromatic carbocycles. The van der Waals surface area contributed by atoms with Crippen LogP contribution in [0.25, 0.3) is 6.08 Å². The van der Waals surface area contributed by atoms with Gasteiger partial charge in [-0.05, 0) is 48.0 Å². The molecule has 1 aliphatic heterocycles. The van der Waals surface area contributed by atoms with Gasteiger partial charge in [0.15, 0.2) is 10.9 Å². The Labute approximate surface area is 136 Å². The highest BCUT2D eigenvalue weighted by atomic mass is 35.5. The van der Waals surface area contributed by atoms with Crippen molar-refractivity contribution in [2.75, 3.05) is 5.32 Å². The Morgan fingerprint density at radius 2 is 1.96 bits per heavy atom. The number of nitrogens with zero attached hydrogens (tertiary/aromatic N) is 1. The molecule has 0 spiro atoms. The monoisotopic (exact) mass is 330 g/mol. The number of amides is 1. The van der Waals surface area contributed by atoms with Crippen molar-refractivity contribution in [2.45, 2.75) is 6.92 Å². The molecule has 23 heavy (non-hydrogen) atoms. The third-order valence-electron chi connectivity index (χ3n) is 2.95. The molecule has 0 saturated heterocycles. The number of anilines is 1. The van der Waals surface area contributed by atoms with Crippen molar-refractivity contribution in [3.05, 3.63) is 58.6 Å². The van der Waals surface area contributed by atoms with Gasteiger partial charge in [-0.2, -0.15) is 0 Å². The number of carbonyl (C=O) groups is 2. The van der Waals surface area contributed by atoms with Crippen LogP contribution >= 0.6 is 11.6 Å². The Morgan fingerprint density at radius 3 is 2.57 bits per heavy atom. The van der Waals surface area contributed by atoms with E-state index in [9.17, 15) is 9.59 Å². The molecule has 0 atom stereocenters. The molecule has 0 radical (unpaired) electrons. The quantitative estimate of drug-likeness (QED) is 0.692. The molecule has 7 heteroatoms. The summed E-state index contributed by atoms with van der Waals surface area (Å²) in [5.74, 6) is -0.135. The van der Waals surface area contributed by atoms with E-state index in [0.717, 1.165) is 0 Å². The maximum atomic E-state index is 11.8. The second-order valence-corrected chi connectivity index (χ2v) is 5.11. The first-order chi connectivity index (χ1) is 11.0. The molecule has 0 unspecified atom stereocenters. The Bertz CT molecular complexity index is 834. The van der Waals surface area contributed by atoms with E-state index >= 15 is 0 Å². The average molecular weight is 331 g/mol. The number of halogens is 1. The van der Waals surface area contributed by atoms with Crippen molar-refractivity contribution in [1.82, 2.24) is 0 Å². The van der Waals surface area contributed by atoms with Crippen molar-refractivity contribution in [2.24, 2.45) is 4.99 Å². The largest absolute Gasteiger partial charge is 0.445 e. The van der Waals surface area contributed by atoms with Crippen LogP contribution in [0.2, 0.25) is 5.22 Å². The number of furan rings is 1. The summed E-state index contributed by atoms with van der Waals surface area (Å²) in [5.41, 5.74) is 1.39. The molecule has 1 aromatic heterocycles. The topological polar surface area (TPSA) is 80.9 Å². The summed E-state index contributed by atoms with van der Waals surface area (Å²) < 4.78 is 10.3. The predicted molar refractivity (Wildman–Crippen MR) is 85.1 cm³/mol. The highest BCUT2D eigenvalue weighted by Crippen LogP contribution is 2.22. The first-order valence-corrected chi connectivity index (χ1v) is 7.05. The predicted octanol–water partition coefficient (Wildman–Crippen LogP) is 3.24. The van der Waals surface area contributed by atoms with E-state index in [1.54, 1.807) is 36.4 Å². The molecular weight excluding hydrogens is 320 g/mol. The summed E-state index contributed by atoms with van der Waals surface area (Å²) in [6.45, 7) is 1.43. The van der Waals surface area contributed by atoms with Crippen LogP contribution in [0.3, 0.4) is 0 Å². The van der Waals surface area contributed by atoms with Gasteiger partial charge in [-0.15, -0.1) is 0 Å². The van der Waals surface area contributed by atoms with E-state index < -0.39 is 5.97 Å².